The summed E-state index contributed by atoms with van der Waals surface area (Å²) in [6, 6.07) is 1.42. The zero-order valence-electron chi connectivity index (χ0n) is 10.4. The standard InChI is InChI=1S/C11H11BrClN3O2S2/c1-7-6-19-10(16-7)2-3-15-20(17,18)9-4-8(12)5-14-11(9)13/h4-6,15H,2-3H2,1H3. The van der Waals surface area contributed by atoms with Gasteiger partial charge >= 0.3 is 0 Å². The second kappa shape index (κ2) is 6.48. The summed E-state index contributed by atoms with van der Waals surface area (Å²) < 4.78 is 27.3. The lowest BCUT2D eigenvalue weighted by molar-refractivity contribution is 0.581. The highest BCUT2D eigenvalue weighted by Crippen LogP contribution is 2.22. The average Bonchev–Trinajstić information content (AvgIpc) is 2.78. The van der Waals surface area contributed by atoms with Gasteiger partial charge in [-0.1, -0.05) is 11.6 Å². The van der Waals surface area contributed by atoms with Crippen LogP contribution in [0.1, 0.15) is 10.7 Å². The number of hydrogen-bond donors (Lipinski definition) is 1. The molecule has 2 rings (SSSR count). The highest BCUT2D eigenvalue weighted by Gasteiger charge is 2.19. The molecule has 0 amide bonds. The first kappa shape index (κ1) is 15.8. The van der Waals surface area contributed by atoms with Gasteiger partial charge in [-0.2, -0.15) is 0 Å². The van der Waals surface area contributed by atoms with Crippen molar-refractivity contribution in [3.8, 4) is 0 Å². The second-order valence-corrected chi connectivity index (χ2v) is 7.92. The maximum Gasteiger partial charge on any atom is 0.243 e. The molecule has 2 aromatic heterocycles. The summed E-state index contributed by atoms with van der Waals surface area (Å²) in [6.45, 7) is 2.16. The third-order valence-electron chi connectivity index (χ3n) is 2.36. The van der Waals surface area contributed by atoms with Gasteiger partial charge in [0.05, 0.1) is 5.01 Å². The van der Waals surface area contributed by atoms with E-state index in [9.17, 15) is 8.42 Å². The number of thiazole rings is 1. The molecule has 0 aromatic carbocycles. The van der Waals surface area contributed by atoms with Gasteiger partial charge in [0, 0.05) is 34.7 Å². The molecule has 0 radical (unpaired) electrons. The number of aryl methyl sites for hydroxylation is 1. The summed E-state index contributed by atoms with van der Waals surface area (Å²) in [7, 11) is -3.67. The van der Waals surface area contributed by atoms with E-state index in [2.05, 4.69) is 30.6 Å². The predicted molar refractivity (Wildman–Crippen MR) is 82.7 cm³/mol. The number of aromatic nitrogens is 2. The van der Waals surface area contributed by atoms with E-state index < -0.39 is 10.0 Å². The van der Waals surface area contributed by atoms with Gasteiger partial charge in [-0.25, -0.2) is 23.1 Å². The topological polar surface area (TPSA) is 72.0 Å². The van der Waals surface area contributed by atoms with Crippen molar-refractivity contribution >= 4 is 48.9 Å². The number of rotatable bonds is 5. The van der Waals surface area contributed by atoms with E-state index in [1.54, 1.807) is 0 Å². The highest BCUT2D eigenvalue weighted by molar-refractivity contribution is 9.10. The number of hydrogen-bond acceptors (Lipinski definition) is 5. The highest BCUT2D eigenvalue weighted by atomic mass is 79.9. The van der Waals surface area contributed by atoms with Gasteiger partial charge in [0.2, 0.25) is 10.0 Å². The molecule has 1 N–H and O–H groups in total. The average molecular weight is 397 g/mol. The molecule has 0 spiro atoms. The molecular formula is C11H11BrClN3O2S2. The second-order valence-electron chi connectivity index (χ2n) is 3.97. The zero-order valence-corrected chi connectivity index (χ0v) is 14.4. The van der Waals surface area contributed by atoms with Crippen molar-refractivity contribution in [2.45, 2.75) is 18.2 Å². The Morgan fingerprint density at radius 3 is 2.90 bits per heavy atom. The van der Waals surface area contributed by atoms with Crippen molar-refractivity contribution < 1.29 is 8.42 Å². The molecule has 0 saturated heterocycles. The minimum Gasteiger partial charge on any atom is -0.247 e. The molecule has 2 aromatic rings. The molecule has 9 heteroatoms. The van der Waals surface area contributed by atoms with Gasteiger partial charge in [-0.05, 0) is 28.9 Å². The number of nitrogens with one attached hydrogen (secondary N) is 1. The van der Waals surface area contributed by atoms with Crippen molar-refractivity contribution in [2.24, 2.45) is 0 Å². The normalized spacial score (nSPS) is 11.8. The maximum atomic E-state index is 12.1. The molecule has 0 aliphatic heterocycles. The lowest BCUT2D eigenvalue weighted by atomic mass is 10.4. The zero-order chi connectivity index (χ0) is 14.8. The molecular weight excluding hydrogens is 386 g/mol. The van der Waals surface area contributed by atoms with Gasteiger partial charge < -0.3 is 0 Å². The summed E-state index contributed by atoms with van der Waals surface area (Å²) >= 11 is 10.5. The molecule has 0 aliphatic carbocycles. The molecule has 0 atom stereocenters. The van der Waals surface area contributed by atoms with Gasteiger partial charge in [-0.3, -0.25) is 0 Å². The van der Waals surface area contributed by atoms with E-state index in [4.69, 9.17) is 11.6 Å². The van der Waals surface area contributed by atoms with E-state index in [1.807, 2.05) is 12.3 Å². The summed E-state index contributed by atoms with van der Waals surface area (Å²) in [5.41, 5.74) is 0.937. The predicted octanol–water partition coefficient (Wildman–Crippen LogP) is 2.78. The molecule has 20 heavy (non-hydrogen) atoms. The molecule has 0 aliphatic rings. The van der Waals surface area contributed by atoms with Crippen molar-refractivity contribution in [2.75, 3.05) is 6.54 Å². The van der Waals surface area contributed by atoms with Gasteiger partial charge in [0.25, 0.3) is 0 Å². The molecule has 0 unspecified atom stereocenters. The Kier molecular flexibility index (Phi) is 5.14. The van der Waals surface area contributed by atoms with Crippen LogP contribution in [0.3, 0.4) is 0 Å². The van der Waals surface area contributed by atoms with Crippen LogP contribution in [0.15, 0.2) is 27.0 Å². The lowest BCUT2D eigenvalue weighted by Gasteiger charge is -2.07. The van der Waals surface area contributed by atoms with E-state index >= 15 is 0 Å². The molecule has 108 valence electrons. The Morgan fingerprint density at radius 1 is 1.50 bits per heavy atom. The third-order valence-corrected chi connectivity index (χ3v) is 5.71. The van der Waals surface area contributed by atoms with Crippen LogP contribution in [0.4, 0.5) is 0 Å². The minimum atomic E-state index is -3.67. The summed E-state index contributed by atoms with van der Waals surface area (Å²) in [4.78, 5) is 8.04. The number of pyridine rings is 1. The van der Waals surface area contributed by atoms with Crippen molar-refractivity contribution in [1.82, 2.24) is 14.7 Å². The Labute approximate surface area is 134 Å². The van der Waals surface area contributed by atoms with Crippen molar-refractivity contribution in [3.63, 3.8) is 0 Å². The first-order chi connectivity index (χ1) is 9.38. The quantitative estimate of drug-likeness (QED) is 0.789. The Bertz CT molecular complexity index is 718. The first-order valence-corrected chi connectivity index (χ1v) is 9.13. The van der Waals surface area contributed by atoms with Crippen LogP contribution in [-0.4, -0.2) is 24.9 Å². The summed E-state index contributed by atoms with van der Waals surface area (Å²) in [6.07, 6.45) is 1.98. The van der Waals surface area contributed by atoms with E-state index in [0.717, 1.165) is 10.7 Å². The van der Waals surface area contributed by atoms with Crippen molar-refractivity contribution in [3.05, 3.63) is 38.0 Å². The van der Waals surface area contributed by atoms with E-state index in [1.165, 1.54) is 23.6 Å². The van der Waals surface area contributed by atoms with Crippen LogP contribution in [0, 0.1) is 6.92 Å². The van der Waals surface area contributed by atoms with Crippen LogP contribution in [0.2, 0.25) is 5.15 Å². The van der Waals surface area contributed by atoms with Gasteiger partial charge in [0.1, 0.15) is 10.0 Å². The fourth-order valence-electron chi connectivity index (χ4n) is 1.48. The van der Waals surface area contributed by atoms with Crippen LogP contribution in [0.25, 0.3) is 0 Å². The fraction of sp³-hybridized carbons (Fsp3) is 0.273. The largest absolute Gasteiger partial charge is 0.247 e. The number of halogens is 2. The Morgan fingerprint density at radius 2 is 2.25 bits per heavy atom. The van der Waals surface area contributed by atoms with Crippen LogP contribution in [-0.2, 0) is 16.4 Å². The smallest absolute Gasteiger partial charge is 0.243 e. The van der Waals surface area contributed by atoms with Crippen LogP contribution >= 0.6 is 38.9 Å². The Hall–Kier alpha value is -0.540. The molecule has 0 fully saturated rings. The molecule has 0 bridgehead atoms. The first-order valence-electron chi connectivity index (χ1n) is 5.60. The monoisotopic (exact) mass is 395 g/mol. The molecule has 5 nitrogen and oxygen atoms in total. The maximum absolute atomic E-state index is 12.1. The lowest BCUT2D eigenvalue weighted by Crippen LogP contribution is -2.26. The third kappa shape index (κ3) is 3.98. The van der Waals surface area contributed by atoms with Gasteiger partial charge in [-0.15, -0.1) is 11.3 Å². The SMILES string of the molecule is Cc1csc(CCNS(=O)(=O)c2cc(Br)cnc2Cl)n1. The minimum absolute atomic E-state index is 0.0381. The Balaban J connectivity index is 2.06. The van der Waals surface area contributed by atoms with E-state index in [-0.39, 0.29) is 16.6 Å². The van der Waals surface area contributed by atoms with Crippen molar-refractivity contribution in [1.29, 1.82) is 0 Å². The molecule has 2 heterocycles. The number of nitrogens with zero attached hydrogens (tertiary/aromatic N) is 2. The van der Waals surface area contributed by atoms with Crippen LogP contribution in [0.5, 0.6) is 0 Å². The molecule has 0 saturated carbocycles. The summed E-state index contributed by atoms with van der Waals surface area (Å²) in [5, 5.41) is 2.77. The van der Waals surface area contributed by atoms with E-state index in [0.29, 0.717) is 10.9 Å². The van der Waals surface area contributed by atoms with Gasteiger partial charge in [0.15, 0.2) is 0 Å². The van der Waals surface area contributed by atoms with Crippen LogP contribution < -0.4 is 4.72 Å². The fourth-order valence-corrected chi connectivity index (χ4v) is 4.23. The number of sulfonamides is 1. The summed E-state index contributed by atoms with van der Waals surface area (Å²) in [5.74, 6) is 0.